The Morgan fingerprint density at radius 3 is 2.88 bits per heavy atom. The topological polar surface area (TPSA) is 68.9 Å². The van der Waals surface area contributed by atoms with E-state index in [1.807, 2.05) is 0 Å². The Kier molecular flexibility index (Phi) is 1.36. The van der Waals surface area contributed by atoms with E-state index in [-0.39, 0.29) is 20.6 Å². The molecule has 1 rings (SSSR count). The van der Waals surface area contributed by atoms with Crippen molar-refractivity contribution in [2.75, 3.05) is 0 Å². The summed E-state index contributed by atoms with van der Waals surface area (Å²) in [4.78, 5) is 10.7. The van der Waals surface area contributed by atoms with E-state index in [1.165, 1.54) is 4.94 Å². The molecule has 8 heavy (non-hydrogen) atoms. The molecule has 0 atom stereocenters. The van der Waals surface area contributed by atoms with E-state index < -0.39 is 4.92 Å². The molecule has 0 unspecified atom stereocenters. The molecule has 42 valence electrons. The molecule has 1 heterocycles. The van der Waals surface area contributed by atoms with Crippen LogP contribution < -0.4 is 0 Å². The van der Waals surface area contributed by atoms with E-state index >= 15 is 0 Å². The van der Waals surface area contributed by atoms with Gasteiger partial charge in [-0.3, -0.25) is 0 Å². The quantitative estimate of drug-likeness (QED) is 0.328. The Balaban J connectivity index is 2.93. The molecule has 0 saturated carbocycles. The van der Waals surface area contributed by atoms with Crippen LogP contribution in [0.4, 0.5) is 5.82 Å². The van der Waals surface area contributed by atoms with Gasteiger partial charge in [-0.2, -0.15) is 0 Å². The molecule has 0 bridgehead atoms. The molecule has 5 nitrogen and oxygen atoms in total. The van der Waals surface area contributed by atoms with Crippen molar-refractivity contribution in [1.29, 1.82) is 0 Å². The number of nitro groups is 1. The predicted octanol–water partition coefficient (Wildman–Crippen LogP) is -0.558. The van der Waals surface area contributed by atoms with Crippen LogP contribution in [0.5, 0.6) is 0 Å². The van der Waals surface area contributed by atoms with Crippen molar-refractivity contribution in [2.45, 2.75) is 0 Å². The molecule has 1 aromatic heterocycles. The van der Waals surface area contributed by atoms with Crippen LogP contribution in [0, 0.1) is 10.1 Å². The molecule has 0 amide bonds. The average molecular weight is 178 g/mol. The predicted molar refractivity (Wildman–Crippen MR) is 25.6 cm³/mol. The maximum atomic E-state index is 9.80. The fourth-order valence-electron chi connectivity index (χ4n) is 0.239. The van der Waals surface area contributed by atoms with E-state index in [4.69, 9.17) is 0 Å². The Morgan fingerprint density at radius 1 is 1.88 bits per heavy atom. The van der Waals surface area contributed by atoms with Gasteiger partial charge in [0.2, 0.25) is 0 Å². The van der Waals surface area contributed by atoms with E-state index in [0.717, 1.165) is 0 Å². The molecule has 0 aliphatic rings. The van der Waals surface area contributed by atoms with E-state index in [2.05, 4.69) is 9.19 Å². The number of hydrogen-bond donors (Lipinski definition) is 0. The first-order chi connectivity index (χ1) is 3.80. The molecule has 0 saturated heterocycles. The van der Waals surface area contributed by atoms with Gasteiger partial charge in [-0.1, -0.05) is 0 Å². The number of aromatic nitrogens is 2. The molecule has 0 aliphatic carbocycles. The van der Waals surface area contributed by atoms with Gasteiger partial charge in [-0.15, -0.1) is 0 Å². The summed E-state index contributed by atoms with van der Waals surface area (Å²) in [5, 5.41) is 13.0. The van der Waals surface area contributed by atoms with E-state index in [0.29, 0.717) is 0 Å². The van der Waals surface area contributed by atoms with Crippen molar-refractivity contribution in [3.63, 3.8) is 0 Å². The fraction of sp³-hybridized carbons (Fsp3) is 0. The van der Waals surface area contributed by atoms with E-state index in [1.54, 1.807) is 0 Å². The first-order valence-corrected chi connectivity index (χ1v) is 3.47. The molecule has 1 aromatic rings. The third-order valence-electron chi connectivity index (χ3n) is 0.536. The fourth-order valence-corrected chi connectivity index (χ4v) is 1.09. The van der Waals surface area contributed by atoms with Crippen LogP contribution in [0.3, 0.4) is 0 Å². The van der Waals surface area contributed by atoms with Crippen LogP contribution in [0.25, 0.3) is 0 Å². The van der Waals surface area contributed by atoms with Gasteiger partial charge < -0.3 is 0 Å². The van der Waals surface area contributed by atoms with Gasteiger partial charge in [0.15, 0.2) is 0 Å². The van der Waals surface area contributed by atoms with Crippen LogP contribution in [0.2, 0.25) is 0 Å². The van der Waals surface area contributed by atoms with Gasteiger partial charge in [0.1, 0.15) is 0 Å². The molecule has 6 heteroatoms. The van der Waals surface area contributed by atoms with Crippen molar-refractivity contribution >= 4 is 20.6 Å². The maximum absolute atomic E-state index is 9.80. The number of rotatable bonds is 1. The number of nitrogens with zero attached hydrogens (tertiary/aromatic N) is 3. The molecule has 0 spiro atoms. The third kappa shape index (κ3) is 0.907. The molecule has 0 N–H and O–H groups in total. The van der Waals surface area contributed by atoms with Crippen LogP contribution in [-0.4, -0.2) is 28.8 Å². The first kappa shape index (κ1) is 5.40. The van der Waals surface area contributed by atoms with Gasteiger partial charge in [0.05, 0.1) is 0 Å². The second-order valence-electron chi connectivity index (χ2n) is 1.02. The van der Waals surface area contributed by atoms with Crippen LogP contribution in [-0.2, 0) is 0 Å². The molecule has 0 radical (unpaired) electrons. The van der Waals surface area contributed by atoms with Crippen molar-refractivity contribution in [1.82, 2.24) is 9.19 Å². The van der Waals surface area contributed by atoms with Crippen LogP contribution in [0.1, 0.15) is 0 Å². The van der Waals surface area contributed by atoms with Crippen LogP contribution in [0.15, 0.2) is 4.94 Å². The summed E-state index contributed by atoms with van der Waals surface area (Å²) < 4.78 is 3.44. The minimum absolute atomic E-state index is 0.120. The minimum atomic E-state index is -0.543. The van der Waals surface area contributed by atoms with Crippen molar-refractivity contribution in [3.05, 3.63) is 15.1 Å². The Bertz CT molecular complexity index is 183. The standard InChI is InChI=1S/C2HN3O2Se/c6-5(7)2-1-8-4-3-2/h1H. The summed E-state index contributed by atoms with van der Waals surface area (Å²) in [6.45, 7) is 0. The van der Waals surface area contributed by atoms with Crippen molar-refractivity contribution in [2.24, 2.45) is 0 Å². The number of hydrogen-bond acceptors (Lipinski definition) is 4. The monoisotopic (exact) mass is 179 g/mol. The SMILES string of the molecule is O=[N+]([O-])c1c[se]nn1. The summed E-state index contributed by atoms with van der Waals surface area (Å²) in [6, 6.07) is 0. The van der Waals surface area contributed by atoms with Crippen molar-refractivity contribution < 1.29 is 4.92 Å². The Hall–Kier alpha value is -0.741. The van der Waals surface area contributed by atoms with Gasteiger partial charge in [0.25, 0.3) is 0 Å². The zero-order chi connectivity index (χ0) is 5.98. The zero-order valence-electron chi connectivity index (χ0n) is 3.64. The van der Waals surface area contributed by atoms with Gasteiger partial charge in [-0.05, 0) is 0 Å². The summed E-state index contributed by atoms with van der Waals surface area (Å²) in [7, 11) is 0. The molecule has 0 fully saturated rings. The average Bonchev–Trinajstić information content (AvgIpc) is 2.12. The van der Waals surface area contributed by atoms with Crippen LogP contribution >= 0.6 is 0 Å². The molecular formula is C2HN3O2Se. The van der Waals surface area contributed by atoms with Gasteiger partial charge >= 0.3 is 49.7 Å². The summed E-state index contributed by atoms with van der Waals surface area (Å²) in [5.74, 6) is -0.120. The molecular weight excluding hydrogens is 177 g/mol. The normalized spacial score (nSPS) is 9.00. The zero-order valence-corrected chi connectivity index (χ0v) is 5.36. The van der Waals surface area contributed by atoms with E-state index in [9.17, 15) is 10.1 Å². The third-order valence-corrected chi connectivity index (χ3v) is 1.57. The van der Waals surface area contributed by atoms with Crippen molar-refractivity contribution in [3.8, 4) is 0 Å². The molecule has 0 aromatic carbocycles. The van der Waals surface area contributed by atoms with Gasteiger partial charge in [0, 0.05) is 0 Å². The summed E-state index contributed by atoms with van der Waals surface area (Å²) >= 11 is -0.123. The summed E-state index contributed by atoms with van der Waals surface area (Å²) in [6.07, 6.45) is 0. The first-order valence-electron chi connectivity index (χ1n) is 1.72. The molecule has 0 aliphatic heterocycles. The Labute approximate surface area is 50.5 Å². The Morgan fingerprint density at radius 2 is 2.62 bits per heavy atom. The summed E-state index contributed by atoms with van der Waals surface area (Å²) in [5.41, 5.74) is 0. The van der Waals surface area contributed by atoms with Gasteiger partial charge in [-0.25, -0.2) is 0 Å². The second-order valence-corrected chi connectivity index (χ2v) is 2.30. The second kappa shape index (κ2) is 2.02.